The van der Waals surface area contributed by atoms with Crippen molar-refractivity contribution in [2.24, 2.45) is 7.05 Å². The van der Waals surface area contributed by atoms with Crippen LogP contribution in [-0.2, 0) is 31.2 Å². The number of carbonyl (C=O) groups is 1. The fraction of sp³-hybridized carbons (Fsp3) is 0.412. The second kappa shape index (κ2) is 7.47. The summed E-state index contributed by atoms with van der Waals surface area (Å²) in [7, 11) is 1.50. The molecule has 1 unspecified atom stereocenters. The number of hydrogen-bond donors (Lipinski definition) is 1. The Balaban J connectivity index is 1.90. The van der Waals surface area contributed by atoms with E-state index >= 15 is 0 Å². The van der Waals surface area contributed by atoms with Gasteiger partial charge in [0.05, 0.1) is 6.42 Å². The van der Waals surface area contributed by atoms with E-state index in [4.69, 9.17) is 12.2 Å². The van der Waals surface area contributed by atoms with E-state index in [0.717, 1.165) is 0 Å². The third kappa shape index (κ3) is 4.02. The Morgan fingerprint density at radius 3 is 2.34 bits per heavy atom. The number of imidazole rings is 1. The number of fused-ring (bicyclic) bond motifs is 1. The van der Waals surface area contributed by atoms with Gasteiger partial charge in [-0.15, -0.1) is 0 Å². The van der Waals surface area contributed by atoms with Crippen molar-refractivity contribution >= 4 is 18.1 Å². The number of halogens is 7. The van der Waals surface area contributed by atoms with Crippen molar-refractivity contribution in [2.45, 2.75) is 31.5 Å². The van der Waals surface area contributed by atoms with Crippen LogP contribution in [0.4, 0.5) is 30.7 Å². The quantitative estimate of drug-likeness (QED) is 0.447. The van der Waals surface area contributed by atoms with E-state index < -0.39 is 59.8 Å². The van der Waals surface area contributed by atoms with Gasteiger partial charge in [0.2, 0.25) is 5.91 Å². The smallest absolute Gasteiger partial charge is 0.347 e. The van der Waals surface area contributed by atoms with Gasteiger partial charge < -0.3 is 14.5 Å². The second-order valence-electron chi connectivity index (χ2n) is 6.70. The molecule has 0 aliphatic carbocycles. The number of hydrogen-bond acceptors (Lipinski definition) is 2. The maximum Gasteiger partial charge on any atom is 0.405 e. The summed E-state index contributed by atoms with van der Waals surface area (Å²) in [6, 6.07) is 0.109. The number of rotatable bonds is 4. The van der Waals surface area contributed by atoms with Crippen molar-refractivity contribution in [3.63, 3.8) is 0 Å². The molecule has 0 radical (unpaired) electrons. The lowest BCUT2D eigenvalue weighted by Crippen LogP contribution is -2.35. The molecular formula is C17H14F7N3OS. The van der Waals surface area contributed by atoms with Crippen LogP contribution in [0.25, 0.3) is 0 Å². The van der Waals surface area contributed by atoms with Crippen LogP contribution in [0.5, 0.6) is 0 Å². The summed E-state index contributed by atoms with van der Waals surface area (Å²) < 4.78 is 95.2. The summed E-state index contributed by atoms with van der Waals surface area (Å²) in [6.45, 7) is -1.60. The largest absolute Gasteiger partial charge is 0.405 e. The van der Waals surface area contributed by atoms with Gasteiger partial charge in [-0.1, -0.05) is 0 Å². The third-order valence-corrected chi connectivity index (χ3v) is 5.29. The number of alkyl halides is 3. The minimum absolute atomic E-state index is 0.0941. The molecule has 1 aromatic heterocycles. The maximum absolute atomic E-state index is 14.1. The predicted molar refractivity (Wildman–Crippen MR) is 89.7 cm³/mol. The van der Waals surface area contributed by atoms with E-state index in [-0.39, 0.29) is 29.5 Å². The number of nitrogens with zero attached hydrogens (tertiary/aromatic N) is 2. The third-order valence-electron chi connectivity index (χ3n) is 4.79. The molecule has 0 bridgehead atoms. The van der Waals surface area contributed by atoms with Crippen molar-refractivity contribution in [1.82, 2.24) is 14.5 Å². The monoisotopic (exact) mass is 441 g/mol. The fourth-order valence-electron chi connectivity index (χ4n) is 3.47. The normalized spacial score (nSPS) is 16.2. The van der Waals surface area contributed by atoms with Gasteiger partial charge in [0, 0.05) is 42.5 Å². The molecule has 0 saturated heterocycles. The lowest BCUT2D eigenvalue weighted by molar-refractivity contribution is -0.138. The van der Waals surface area contributed by atoms with Crippen LogP contribution in [0.15, 0.2) is 6.07 Å². The molecule has 0 saturated carbocycles. The topological polar surface area (TPSA) is 39.0 Å². The number of benzene rings is 1. The lowest BCUT2D eigenvalue weighted by atomic mass is 9.94. The summed E-state index contributed by atoms with van der Waals surface area (Å²) in [5, 5.41) is 1.74. The predicted octanol–water partition coefficient (Wildman–Crippen LogP) is 3.67. The molecule has 3 rings (SSSR count). The van der Waals surface area contributed by atoms with Crippen LogP contribution >= 0.6 is 12.2 Å². The SMILES string of the molecule is Cn1c(CC(=O)NCC(F)(F)F)c2n(c1=S)CC(c1c(F)c(F)cc(F)c1F)C2. The van der Waals surface area contributed by atoms with Crippen LogP contribution in [-0.4, -0.2) is 27.8 Å². The molecule has 12 heteroatoms. The van der Waals surface area contributed by atoms with E-state index in [1.54, 1.807) is 5.32 Å². The molecule has 1 aliphatic rings. The van der Waals surface area contributed by atoms with Crippen molar-refractivity contribution < 1.29 is 35.5 Å². The summed E-state index contributed by atoms with van der Waals surface area (Å²) in [6.07, 6.45) is -5.12. The molecule has 4 nitrogen and oxygen atoms in total. The number of nitrogens with one attached hydrogen (secondary N) is 1. The minimum Gasteiger partial charge on any atom is -0.347 e. The number of carbonyl (C=O) groups excluding carboxylic acids is 1. The first kappa shape index (κ1) is 21.3. The molecule has 1 aliphatic heterocycles. The van der Waals surface area contributed by atoms with Gasteiger partial charge in [0.15, 0.2) is 28.0 Å². The first-order valence-electron chi connectivity index (χ1n) is 8.34. The van der Waals surface area contributed by atoms with Gasteiger partial charge in [-0.25, -0.2) is 17.6 Å². The number of amides is 1. The minimum atomic E-state index is -4.58. The first-order valence-corrected chi connectivity index (χ1v) is 8.75. The molecular weight excluding hydrogens is 427 g/mol. The molecule has 1 amide bonds. The maximum atomic E-state index is 14.1. The van der Waals surface area contributed by atoms with E-state index in [1.165, 1.54) is 16.2 Å². The molecule has 1 atom stereocenters. The van der Waals surface area contributed by atoms with Crippen molar-refractivity contribution in [2.75, 3.05) is 6.54 Å². The highest BCUT2D eigenvalue weighted by atomic mass is 32.1. The second-order valence-corrected chi connectivity index (χ2v) is 7.06. The molecule has 29 heavy (non-hydrogen) atoms. The molecule has 2 heterocycles. The van der Waals surface area contributed by atoms with E-state index in [2.05, 4.69) is 0 Å². The Bertz CT molecular complexity index is 1020. The Labute approximate surface area is 164 Å². The van der Waals surface area contributed by atoms with Crippen LogP contribution in [0, 0.1) is 28.0 Å². The summed E-state index contributed by atoms with van der Waals surface area (Å²) >= 11 is 5.22. The average molecular weight is 441 g/mol. The zero-order valence-corrected chi connectivity index (χ0v) is 15.7. The molecule has 0 spiro atoms. The Morgan fingerprint density at radius 1 is 1.21 bits per heavy atom. The molecule has 2 aromatic rings. The standard InChI is InChI=1S/C17H14F7N3OS/c1-26-10(4-12(28)25-6-17(22,23)24)11-2-7(5-27(11)16(26)29)13-14(20)8(18)3-9(19)15(13)21/h3,7H,2,4-6H2,1H3,(H,25,28). The van der Waals surface area contributed by atoms with Gasteiger partial charge >= 0.3 is 6.18 Å². The summed E-state index contributed by atoms with van der Waals surface area (Å²) in [5.41, 5.74) is -0.140. The van der Waals surface area contributed by atoms with E-state index in [0.29, 0.717) is 5.69 Å². The van der Waals surface area contributed by atoms with Crippen molar-refractivity contribution in [3.05, 3.63) is 51.1 Å². The van der Waals surface area contributed by atoms with E-state index in [9.17, 15) is 35.5 Å². The van der Waals surface area contributed by atoms with Gasteiger partial charge in [0.1, 0.15) is 6.54 Å². The van der Waals surface area contributed by atoms with Gasteiger partial charge in [-0.05, 0) is 18.6 Å². The zero-order chi connectivity index (χ0) is 21.7. The van der Waals surface area contributed by atoms with Crippen molar-refractivity contribution in [3.8, 4) is 0 Å². The highest BCUT2D eigenvalue weighted by Crippen LogP contribution is 2.36. The Kier molecular flexibility index (Phi) is 5.50. The van der Waals surface area contributed by atoms with Gasteiger partial charge in [0.25, 0.3) is 0 Å². The van der Waals surface area contributed by atoms with Gasteiger partial charge in [-0.3, -0.25) is 4.79 Å². The molecule has 1 aromatic carbocycles. The zero-order valence-electron chi connectivity index (χ0n) is 14.8. The average Bonchev–Trinajstić information content (AvgIpc) is 3.13. The van der Waals surface area contributed by atoms with Crippen LogP contribution in [0.1, 0.15) is 22.9 Å². The lowest BCUT2D eigenvalue weighted by Gasteiger charge is -2.14. The Morgan fingerprint density at radius 2 is 1.79 bits per heavy atom. The van der Waals surface area contributed by atoms with Crippen LogP contribution in [0.2, 0.25) is 0 Å². The highest BCUT2D eigenvalue weighted by molar-refractivity contribution is 7.71. The van der Waals surface area contributed by atoms with Gasteiger partial charge in [-0.2, -0.15) is 13.2 Å². The Hall–Kier alpha value is -2.37. The molecule has 158 valence electrons. The van der Waals surface area contributed by atoms with Crippen LogP contribution in [0.3, 0.4) is 0 Å². The fourth-order valence-corrected chi connectivity index (χ4v) is 3.77. The summed E-state index contributed by atoms with van der Waals surface area (Å²) in [5.74, 6) is -8.01. The molecule has 1 N–H and O–H groups in total. The molecule has 0 fully saturated rings. The highest BCUT2D eigenvalue weighted by Gasteiger charge is 2.35. The summed E-state index contributed by atoms with van der Waals surface area (Å²) in [4.78, 5) is 11.9. The first-order chi connectivity index (χ1) is 13.4. The van der Waals surface area contributed by atoms with Crippen molar-refractivity contribution in [1.29, 1.82) is 0 Å². The number of aromatic nitrogens is 2. The van der Waals surface area contributed by atoms with E-state index in [1.807, 2.05) is 0 Å². The van der Waals surface area contributed by atoms with Crippen LogP contribution < -0.4 is 5.32 Å².